The molecule has 1 aliphatic rings. The summed E-state index contributed by atoms with van der Waals surface area (Å²) >= 11 is 6.01. The van der Waals surface area contributed by atoms with Gasteiger partial charge in [-0.25, -0.2) is 0 Å². The van der Waals surface area contributed by atoms with Crippen LogP contribution in [0.4, 0.5) is 11.4 Å². The van der Waals surface area contributed by atoms with Gasteiger partial charge in [-0.05, 0) is 25.1 Å². The number of nitrogens with two attached hydrogens (primary N) is 1. The molecule has 0 spiro atoms. The number of piperazine rings is 1. The van der Waals surface area contributed by atoms with Crippen LogP contribution in [0.3, 0.4) is 0 Å². The van der Waals surface area contributed by atoms with Crippen molar-refractivity contribution < 1.29 is 9.59 Å². The van der Waals surface area contributed by atoms with Gasteiger partial charge in [-0.3, -0.25) is 14.5 Å². The Morgan fingerprint density at radius 3 is 3.05 bits per heavy atom. The maximum Gasteiger partial charge on any atom is 0.237 e. The van der Waals surface area contributed by atoms with E-state index in [-0.39, 0.29) is 17.9 Å². The monoisotopic (exact) mass is 310 g/mol. The van der Waals surface area contributed by atoms with E-state index in [0.29, 0.717) is 35.9 Å². The number of hydrogen-bond donors (Lipinski definition) is 3. The van der Waals surface area contributed by atoms with Crippen LogP contribution < -0.4 is 16.4 Å². The Bertz CT molecular complexity index is 550. The zero-order chi connectivity index (χ0) is 15.4. The van der Waals surface area contributed by atoms with Gasteiger partial charge in [0.15, 0.2) is 0 Å². The minimum Gasteiger partial charge on any atom is -0.399 e. The van der Waals surface area contributed by atoms with E-state index in [1.54, 1.807) is 18.2 Å². The third kappa shape index (κ3) is 4.09. The molecule has 21 heavy (non-hydrogen) atoms. The molecule has 0 bridgehead atoms. The van der Waals surface area contributed by atoms with E-state index in [2.05, 4.69) is 10.6 Å². The predicted octanol–water partition coefficient (Wildman–Crippen LogP) is 1.07. The van der Waals surface area contributed by atoms with Crippen molar-refractivity contribution in [2.75, 3.05) is 30.7 Å². The summed E-state index contributed by atoms with van der Waals surface area (Å²) < 4.78 is 0. The van der Waals surface area contributed by atoms with E-state index < -0.39 is 0 Å². The van der Waals surface area contributed by atoms with Crippen molar-refractivity contribution in [2.24, 2.45) is 0 Å². The number of carbonyl (C=O) groups excluding carboxylic acids is 2. The first-order chi connectivity index (χ1) is 9.97. The van der Waals surface area contributed by atoms with Crippen LogP contribution in [0.15, 0.2) is 18.2 Å². The van der Waals surface area contributed by atoms with Crippen LogP contribution in [0, 0.1) is 0 Å². The SMILES string of the molecule is CC1C(=O)NCCN1CCC(=O)Nc1ccc(N)cc1Cl. The Morgan fingerprint density at radius 1 is 1.57 bits per heavy atom. The molecule has 1 fully saturated rings. The molecule has 2 rings (SSSR count). The summed E-state index contributed by atoms with van der Waals surface area (Å²) in [5.74, 6) is -0.136. The lowest BCUT2D eigenvalue weighted by atomic mass is 10.2. The zero-order valence-electron chi connectivity index (χ0n) is 11.9. The lowest BCUT2D eigenvalue weighted by molar-refractivity contribution is -0.129. The van der Waals surface area contributed by atoms with Crippen molar-refractivity contribution in [1.82, 2.24) is 10.2 Å². The molecule has 0 aromatic heterocycles. The molecule has 0 saturated carbocycles. The Balaban J connectivity index is 1.86. The maximum atomic E-state index is 12.0. The molecule has 7 heteroatoms. The molecule has 114 valence electrons. The van der Waals surface area contributed by atoms with Gasteiger partial charge in [0.25, 0.3) is 0 Å². The fourth-order valence-corrected chi connectivity index (χ4v) is 2.46. The molecule has 1 saturated heterocycles. The lowest BCUT2D eigenvalue weighted by Crippen LogP contribution is -2.54. The number of halogens is 1. The summed E-state index contributed by atoms with van der Waals surface area (Å²) in [5.41, 5.74) is 6.69. The molecule has 1 aromatic rings. The first-order valence-electron chi connectivity index (χ1n) is 6.84. The highest BCUT2D eigenvalue weighted by Gasteiger charge is 2.25. The number of hydrogen-bond acceptors (Lipinski definition) is 4. The molecular weight excluding hydrogens is 292 g/mol. The number of benzene rings is 1. The molecular formula is C14H19ClN4O2. The number of amides is 2. The number of nitrogen functional groups attached to an aromatic ring is 1. The van der Waals surface area contributed by atoms with Gasteiger partial charge in [0, 0.05) is 31.7 Å². The number of carbonyl (C=O) groups is 2. The predicted molar refractivity (Wildman–Crippen MR) is 83.2 cm³/mol. The average Bonchev–Trinajstić information content (AvgIpc) is 2.43. The van der Waals surface area contributed by atoms with E-state index in [1.807, 2.05) is 11.8 Å². The minimum absolute atomic E-state index is 0.00300. The molecule has 0 radical (unpaired) electrons. The lowest BCUT2D eigenvalue weighted by Gasteiger charge is -2.32. The fraction of sp³-hybridized carbons (Fsp3) is 0.429. The van der Waals surface area contributed by atoms with Crippen LogP contribution in [0.2, 0.25) is 5.02 Å². The molecule has 2 amide bonds. The Kier molecular flexibility index (Phi) is 5.03. The average molecular weight is 311 g/mol. The number of nitrogens with one attached hydrogen (secondary N) is 2. The third-order valence-corrected chi connectivity index (χ3v) is 3.83. The van der Waals surface area contributed by atoms with Crippen molar-refractivity contribution >= 4 is 34.8 Å². The molecule has 4 N–H and O–H groups in total. The molecule has 0 aliphatic carbocycles. The minimum atomic E-state index is -0.202. The Morgan fingerprint density at radius 2 is 2.33 bits per heavy atom. The van der Waals surface area contributed by atoms with Crippen LogP contribution in [0.1, 0.15) is 13.3 Å². The first kappa shape index (κ1) is 15.6. The van der Waals surface area contributed by atoms with Gasteiger partial charge in [-0.1, -0.05) is 11.6 Å². The molecule has 1 unspecified atom stereocenters. The summed E-state index contributed by atoms with van der Waals surface area (Å²) in [6.45, 7) is 3.74. The van der Waals surface area contributed by atoms with Crippen LogP contribution in [0.25, 0.3) is 0 Å². The maximum absolute atomic E-state index is 12.0. The van der Waals surface area contributed by atoms with E-state index in [1.165, 1.54) is 0 Å². The van der Waals surface area contributed by atoms with Crippen molar-refractivity contribution in [3.63, 3.8) is 0 Å². The standard InChI is InChI=1S/C14H19ClN4O2/c1-9-14(21)17-5-7-19(9)6-4-13(20)18-12-3-2-10(16)8-11(12)15/h2-3,8-9H,4-7,16H2,1H3,(H,17,21)(H,18,20). The second kappa shape index (κ2) is 6.78. The number of anilines is 2. The van der Waals surface area contributed by atoms with Gasteiger partial charge < -0.3 is 16.4 Å². The summed E-state index contributed by atoms with van der Waals surface area (Å²) in [6, 6.07) is 4.74. The van der Waals surface area contributed by atoms with E-state index in [4.69, 9.17) is 17.3 Å². The van der Waals surface area contributed by atoms with E-state index >= 15 is 0 Å². The molecule has 6 nitrogen and oxygen atoms in total. The summed E-state index contributed by atoms with van der Waals surface area (Å²) in [4.78, 5) is 25.5. The van der Waals surface area contributed by atoms with E-state index in [9.17, 15) is 9.59 Å². The molecule has 1 aromatic carbocycles. The normalized spacial score (nSPS) is 19.1. The van der Waals surface area contributed by atoms with Gasteiger partial charge in [0.2, 0.25) is 11.8 Å². The zero-order valence-corrected chi connectivity index (χ0v) is 12.6. The van der Waals surface area contributed by atoms with Gasteiger partial charge in [-0.15, -0.1) is 0 Å². The van der Waals surface area contributed by atoms with Crippen molar-refractivity contribution in [3.05, 3.63) is 23.2 Å². The topological polar surface area (TPSA) is 87.5 Å². The molecule has 1 aliphatic heterocycles. The second-order valence-corrected chi connectivity index (χ2v) is 5.45. The summed E-state index contributed by atoms with van der Waals surface area (Å²) in [5, 5.41) is 5.95. The van der Waals surface area contributed by atoms with Gasteiger partial charge in [-0.2, -0.15) is 0 Å². The van der Waals surface area contributed by atoms with Crippen molar-refractivity contribution in [2.45, 2.75) is 19.4 Å². The summed E-state index contributed by atoms with van der Waals surface area (Å²) in [7, 11) is 0. The highest BCUT2D eigenvalue weighted by atomic mass is 35.5. The Labute approximate surface area is 128 Å². The van der Waals surface area contributed by atoms with Crippen LogP contribution in [-0.4, -0.2) is 42.4 Å². The van der Waals surface area contributed by atoms with Crippen LogP contribution >= 0.6 is 11.6 Å². The van der Waals surface area contributed by atoms with Gasteiger partial charge >= 0.3 is 0 Å². The largest absolute Gasteiger partial charge is 0.399 e. The van der Waals surface area contributed by atoms with Gasteiger partial charge in [0.1, 0.15) is 0 Å². The first-order valence-corrected chi connectivity index (χ1v) is 7.22. The summed E-state index contributed by atoms with van der Waals surface area (Å²) in [6.07, 6.45) is 0.304. The Hall–Kier alpha value is -1.79. The van der Waals surface area contributed by atoms with Crippen molar-refractivity contribution in [1.29, 1.82) is 0 Å². The van der Waals surface area contributed by atoms with Crippen molar-refractivity contribution in [3.8, 4) is 0 Å². The smallest absolute Gasteiger partial charge is 0.237 e. The van der Waals surface area contributed by atoms with E-state index in [0.717, 1.165) is 6.54 Å². The second-order valence-electron chi connectivity index (χ2n) is 5.04. The third-order valence-electron chi connectivity index (χ3n) is 3.52. The quantitative estimate of drug-likeness (QED) is 0.726. The molecule has 1 heterocycles. The highest BCUT2D eigenvalue weighted by molar-refractivity contribution is 6.34. The number of rotatable bonds is 4. The van der Waals surface area contributed by atoms with Crippen LogP contribution in [0.5, 0.6) is 0 Å². The number of nitrogens with zero attached hydrogens (tertiary/aromatic N) is 1. The molecule has 1 atom stereocenters. The highest BCUT2D eigenvalue weighted by Crippen LogP contribution is 2.24. The fourth-order valence-electron chi connectivity index (χ4n) is 2.23. The van der Waals surface area contributed by atoms with Crippen LogP contribution in [-0.2, 0) is 9.59 Å². The van der Waals surface area contributed by atoms with Gasteiger partial charge in [0.05, 0.1) is 16.8 Å².